The molecule has 0 bridgehead atoms. The van der Waals surface area contributed by atoms with E-state index in [1.807, 2.05) is 36.4 Å². The normalized spacial score (nSPS) is 11.9. The van der Waals surface area contributed by atoms with Crippen molar-refractivity contribution < 1.29 is 17.2 Å². The number of rotatable bonds is 10. The number of hydrogen-bond donors (Lipinski definition) is 3. The molecule has 7 rings (SSSR count). The highest BCUT2D eigenvalue weighted by atomic mass is 32.2. The van der Waals surface area contributed by atoms with Gasteiger partial charge in [0.2, 0.25) is 0 Å². The van der Waals surface area contributed by atoms with E-state index in [9.17, 15) is 12.8 Å². The number of H-pyrrole nitrogens is 2. The number of halogens is 2. The number of imidazole rings is 1. The first-order valence-corrected chi connectivity index (χ1v) is 16.8. The highest BCUT2D eigenvalue weighted by Crippen LogP contribution is 2.34. The molecule has 7 aromatic rings. The molecule has 5 heterocycles. The van der Waals surface area contributed by atoms with Gasteiger partial charge in [0.05, 0.1) is 16.7 Å². The number of aromatic amines is 2. The molecule has 0 aliphatic heterocycles. The second-order valence-electron chi connectivity index (χ2n) is 11.3. The van der Waals surface area contributed by atoms with Crippen molar-refractivity contribution >= 4 is 32.0 Å². The molecule has 13 heteroatoms. The van der Waals surface area contributed by atoms with Gasteiger partial charge in [-0.05, 0) is 52.9 Å². The molecule has 47 heavy (non-hydrogen) atoms. The molecule has 0 amide bonds. The Bertz CT molecular complexity index is 2360. The average molecular weight is 651 g/mol. The van der Waals surface area contributed by atoms with Crippen molar-refractivity contribution in [1.29, 1.82) is 0 Å². The SMILES string of the molecule is CS(=O)(=O)CCc1cc(F)cc(-c2ccnc3nc(-c4[nH]nc5ncc(-c6cncc(CNCc7ccccc7)c6)c(F)c45)[nH]c23)c1. The van der Waals surface area contributed by atoms with Gasteiger partial charge in [0.15, 0.2) is 17.1 Å². The Kier molecular flexibility index (Phi) is 8.00. The Morgan fingerprint density at radius 1 is 0.830 bits per heavy atom. The van der Waals surface area contributed by atoms with Gasteiger partial charge >= 0.3 is 0 Å². The van der Waals surface area contributed by atoms with E-state index in [-0.39, 0.29) is 40.3 Å². The summed E-state index contributed by atoms with van der Waals surface area (Å²) >= 11 is 0. The summed E-state index contributed by atoms with van der Waals surface area (Å²) < 4.78 is 54.3. The summed E-state index contributed by atoms with van der Waals surface area (Å²) in [6, 6.07) is 18.0. The van der Waals surface area contributed by atoms with Gasteiger partial charge in [-0.3, -0.25) is 10.1 Å². The molecule has 0 spiro atoms. The van der Waals surface area contributed by atoms with E-state index in [0.29, 0.717) is 46.5 Å². The summed E-state index contributed by atoms with van der Waals surface area (Å²) in [6.45, 7) is 1.23. The molecule has 0 fully saturated rings. The predicted octanol–water partition coefficient (Wildman–Crippen LogP) is 5.78. The van der Waals surface area contributed by atoms with Crippen molar-refractivity contribution in [3.05, 3.63) is 114 Å². The zero-order valence-electron chi connectivity index (χ0n) is 25.1. The van der Waals surface area contributed by atoms with Crippen LogP contribution in [0.25, 0.3) is 56.0 Å². The maximum absolute atomic E-state index is 16.3. The molecule has 0 atom stereocenters. The van der Waals surface area contributed by atoms with Gasteiger partial charge in [-0.25, -0.2) is 32.2 Å². The number of sulfone groups is 1. The van der Waals surface area contributed by atoms with Crippen LogP contribution in [0.2, 0.25) is 0 Å². The summed E-state index contributed by atoms with van der Waals surface area (Å²) in [4.78, 5) is 20.9. The Morgan fingerprint density at radius 2 is 1.64 bits per heavy atom. The topological polar surface area (TPSA) is 142 Å². The number of benzene rings is 2. The van der Waals surface area contributed by atoms with Crippen LogP contribution in [0.1, 0.15) is 16.7 Å². The molecular weight excluding hydrogens is 622 g/mol. The number of nitrogens with zero attached hydrogens (tertiary/aromatic N) is 5. The number of aromatic nitrogens is 7. The van der Waals surface area contributed by atoms with Crippen molar-refractivity contribution in [2.75, 3.05) is 12.0 Å². The third-order valence-electron chi connectivity index (χ3n) is 7.79. The van der Waals surface area contributed by atoms with Crippen molar-refractivity contribution in [1.82, 2.24) is 40.4 Å². The van der Waals surface area contributed by atoms with E-state index in [2.05, 4.69) is 40.4 Å². The summed E-state index contributed by atoms with van der Waals surface area (Å²) in [5.41, 5.74) is 5.79. The fourth-order valence-electron chi connectivity index (χ4n) is 5.53. The van der Waals surface area contributed by atoms with Crippen LogP contribution >= 0.6 is 0 Å². The van der Waals surface area contributed by atoms with Crippen LogP contribution in [-0.4, -0.2) is 55.5 Å². The van der Waals surface area contributed by atoms with Gasteiger partial charge in [0.1, 0.15) is 27.2 Å². The molecule has 2 aromatic carbocycles. The molecule has 0 unspecified atom stereocenters. The van der Waals surface area contributed by atoms with Crippen LogP contribution in [0.5, 0.6) is 0 Å². The van der Waals surface area contributed by atoms with E-state index in [1.165, 1.54) is 18.3 Å². The number of aryl methyl sites for hydroxylation is 1. The summed E-state index contributed by atoms with van der Waals surface area (Å²) in [6.07, 6.45) is 7.62. The lowest BCUT2D eigenvalue weighted by atomic mass is 10.0. The van der Waals surface area contributed by atoms with E-state index in [0.717, 1.165) is 17.4 Å². The maximum Gasteiger partial charge on any atom is 0.184 e. The van der Waals surface area contributed by atoms with E-state index >= 15 is 4.39 Å². The molecule has 0 aliphatic carbocycles. The third-order valence-corrected chi connectivity index (χ3v) is 8.73. The quantitative estimate of drug-likeness (QED) is 0.169. The van der Waals surface area contributed by atoms with Gasteiger partial charge in [0.25, 0.3) is 0 Å². The van der Waals surface area contributed by atoms with Gasteiger partial charge < -0.3 is 10.3 Å². The fourth-order valence-corrected chi connectivity index (χ4v) is 6.13. The smallest absolute Gasteiger partial charge is 0.184 e. The molecule has 0 aliphatic rings. The Labute approximate surface area is 268 Å². The van der Waals surface area contributed by atoms with Crippen LogP contribution in [-0.2, 0) is 29.3 Å². The van der Waals surface area contributed by atoms with Crippen LogP contribution in [0.15, 0.2) is 85.5 Å². The van der Waals surface area contributed by atoms with Crippen molar-refractivity contribution in [3.63, 3.8) is 0 Å². The molecule has 0 saturated heterocycles. The Balaban J connectivity index is 1.22. The molecule has 236 valence electrons. The van der Waals surface area contributed by atoms with Crippen LogP contribution in [0.4, 0.5) is 8.78 Å². The minimum atomic E-state index is -3.23. The first kappa shape index (κ1) is 30.3. The first-order valence-electron chi connectivity index (χ1n) is 14.8. The number of nitrogens with one attached hydrogen (secondary N) is 3. The summed E-state index contributed by atoms with van der Waals surface area (Å²) in [5, 5.41) is 10.6. The van der Waals surface area contributed by atoms with E-state index in [1.54, 1.807) is 30.7 Å². The lowest BCUT2D eigenvalue weighted by molar-refractivity contribution is 0.600. The Morgan fingerprint density at radius 3 is 2.47 bits per heavy atom. The van der Waals surface area contributed by atoms with E-state index in [4.69, 9.17) is 0 Å². The lowest BCUT2D eigenvalue weighted by Crippen LogP contribution is -2.12. The minimum absolute atomic E-state index is 0.101. The second kappa shape index (κ2) is 12.4. The number of fused-ring (bicyclic) bond motifs is 2. The summed E-state index contributed by atoms with van der Waals surface area (Å²) in [5.74, 6) is -0.868. The molecule has 10 nitrogen and oxygen atoms in total. The molecule has 3 N–H and O–H groups in total. The standard InChI is InChI=1S/C34H28F2N8O2S/c1-47(45,46)10-8-21-11-23(14-25(35)13-21)26-7-9-39-33-30(26)41-34(42-33)31-28-29(36)27(19-40-32(28)44-43-31)24-12-22(17-38-18-24)16-37-15-20-5-3-2-4-6-20/h2-7,9,11-14,17-19,37H,8,10,15-16H2,1H3,(H,39,41,42)(H,40,43,44). The predicted molar refractivity (Wildman–Crippen MR) is 176 cm³/mol. The number of pyridine rings is 3. The largest absolute Gasteiger partial charge is 0.335 e. The van der Waals surface area contributed by atoms with Crippen molar-refractivity contribution in [3.8, 4) is 33.8 Å². The van der Waals surface area contributed by atoms with Crippen molar-refractivity contribution in [2.24, 2.45) is 0 Å². The van der Waals surface area contributed by atoms with Crippen LogP contribution in [0, 0.1) is 11.6 Å². The first-order chi connectivity index (χ1) is 22.7. The molecule has 5 aromatic heterocycles. The van der Waals surface area contributed by atoms with Gasteiger partial charge in [-0.1, -0.05) is 36.4 Å². The van der Waals surface area contributed by atoms with Crippen molar-refractivity contribution in [2.45, 2.75) is 19.5 Å². The van der Waals surface area contributed by atoms with Gasteiger partial charge in [-0.15, -0.1) is 0 Å². The molecule has 0 radical (unpaired) electrons. The summed E-state index contributed by atoms with van der Waals surface area (Å²) in [7, 11) is -3.23. The minimum Gasteiger partial charge on any atom is -0.335 e. The second-order valence-corrected chi connectivity index (χ2v) is 13.6. The molecular formula is C34H28F2N8O2S. The van der Waals surface area contributed by atoms with Crippen LogP contribution in [0.3, 0.4) is 0 Å². The third kappa shape index (κ3) is 6.48. The Hall–Kier alpha value is -5.40. The monoisotopic (exact) mass is 650 g/mol. The van der Waals surface area contributed by atoms with Gasteiger partial charge in [0, 0.05) is 60.8 Å². The van der Waals surface area contributed by atoms with Gasteiger partial charge in [-0.2, -0.15) is 5.10 Å². The maximum atomic E-state index is 16.3. The number of hydrogen-bond acceptors (Lipinski definition) is 8. The highest BCUT2D eigenvalue weighted by molar-refractivity contribution is 7.90. The average Bonchev–Trinajstić information content (AvgIpc) is 3.69. The van der Waals surface area contributed by atoms with Crippen LogP contribution < -0.4 is 5.32 Å². The zero-order chi connectivity index (χ0) is 32.5. The zero-order valence-corrected chi connectivity index (χ0v) is 25.9. The highest BCUT2D eigenvalue weighted by Gasteiger charge is 2.22. The fraction of sp³-hybridized carbons (Fsp3) is 0.147. The lowest BCUT2D eigenvalue weighted by Gasteiger charge is -2.08. The van der Waals surface area contributed by atoms with E-state index < -0.39 is 21.5 Å². The molecule has 0 saturated carbocycles.